The number of amides is 1. The van der Waals surface area contributed by atoms with Gasteiger partial charge in [-0.1, -0.05) is 5.16 Å². The maximum Gasteiger partial charge on any atom is 0.257 e. The quantitative estimate of drug-likeness (QED) is 0.838. The zero-order valence-corrected chi connectivity index (χ0v) is 15.4. The van der Waals surface area contributed by atoms with E-state index in [1.54, 1.807) is 12.3 Å². The van der Waals surface area contributed by atoms with Gasteiger partial charge in [-0.2, -0.15) is 4.98 Å². The van der Waals surface area contributed by atoms with Crippen LogP contribution in [-0.4, -0.2) is 46.2 Å². The number of carbonyl (C=O) groups excluding carboxylic acids is 1. The molecule has 0 N–H and O–H groups in total. The molecule has 0 bridgehead atoms. The average Bonchev–Trinajstić information content (AvgIpc) is 3.23. The Morgan fingerprint density at radius 2 is 2.15 bits per heavy atom. The van der Waals surface area contributed by atoms with Crippen LogP contribution in [0.4, 0.5) is 0 Å². The van der Waals surface area contributed by atoms with Crippen molar-refractivity contribution in [1.29, 1.82) is 0 Å². The van der Waals surface area contributed by atoms with E-state index in [2.05, 4.69) is 10.1 Å². The highest BCUT2D eigenvalue weighted by molar-refractivity contribution is 5.95. The molecule has 0 aliphatic carbocycles. The number of hydrogen-bond donors (Lipinski definition) is 0. The van der Waals surface area contributed by atoms with Crippen molar-refractivity contribution in [2.75, 3.05) is 19.7 Å². The maximum absolute atomic E-state index is 12.7. The zero-order chi connectivity index (χ0) is 18.1. The SMILES string of the molecule is Cc1nc(CC2CCOC3(CCN(C(=O)c4ccoc4C)CC3)C2)no1. The van der Waals surface area contributed by atoms with E-state index >= 15 is 0 Å². The zero-order valence-electron chi connectivity index (χ0n) is 15.4. The number of hydrogen-bond acceptors (Lipinski definition) is 6. The molecule has 1 spiro atoms. The molecular formula is C19H25N3O4. The van der Waals surface area contributed by atoms with Gasteiger partial charge < -0.3 is 18.6 Å². The van der Waals surface area contributed by atoms with Crippen LogP contribution in [0.2, 0.25) is 0 Å². The van der Waals surface area contributed by atoms with Crippen molar-refractivity contribution in [2.45, 2.75) is 51.6 Å². The second-order valence-electron chi connectivity index (χ2n) is 7.51. The number of ether oxygens (including phenoxy) is 1. The minimum atomic E-state index is -0.121. The lowest BCUT2D eigenvalue weighted by Gasteiger charge is -2.46. The van der Waals surface area contributed by atoms with E-state index in [9.17, 15) is 4.79 Å². The van der Waals surface area contributed by atoms with E-state index in [4.69, 9.17) is 13.7 Å². The molecule has 26 heavy (non-hydrogen) atoms. The highest BCUT2D eigenvalue weighted by Crippen LogP contribution is 2.39. The van der Waals surface area contributed by atoms with Crippen molar-refractivity contribution in [2.24, 2.45) is 5.92 Å². The van der Waals surface area contributed by atoms with Crippen LogP contribution < -0.4 is 0 Å². The topological polar surface area (TPSA) is 81.6 Å². The van der Waals surface area contributed by atoms with E-state index in [1.165, 1.54) is 0 Å². The van der Waals surface area contributed by atoms with Crippen molar-refractivity contribution >= 4 is 5.91 Å². The van der Waals surface area contributed by atoms with Gasteiger partial charge in [-0.3, -0.25) is 4.79 Å². The standard InChI is InChI=1S/C19H25N3O4/c1-13-16(4-9-24-13)18(23)22-7-5-19(6-8-22)12-15(3-10-25-19)11-17-20-14(2)26-21-17/h4,9,15H,3,5-8,10-12H2,1-2H3. The van der Waals surface area contributed by atoms with Crippen LogP contribution >= 0.6 is 0 Å². The van der Waals surface area contributed by atoms with Gasteiger partial charge in [-0.05, 0) is 44.6 Å². The highest BCUT2D eigenvalue weighted by Gasteiger charge is 2.41. The third-order valence-corrected chi connectivity index (χ3v) is 5.69. The fraction of sp³-hybridized carbons (Fsp3) is 0.632. The summed E-state index contributed by atoms with van der Waals surface area (Å²) in [6.07, 6.45) is 6.16. The summed E-state index contributed by atoms with van der Waals surface area (Å²) in [5.41, 5.74) is 0.542. The van der Waals surface area contributed by atoms with Crippen LogP contribution in [-0.2, 0) is 11.2 Å². The third-order valence-electron chi connectivity index (χ3n) is 5.69. The Labute approximate surface area is 152 Å². The smallest absolute Gasteiger partial charge is 0.257 e. The van der Waals surface area contributed by atoms with Crippen LogP contribution in [0.25, 0.3) is 0 Å². The second kappa shape index (κ2) is 6.87. The molecular weight excluding hydrogens is 334 g/mol. The van der Waals surface area contributed by atoms with E-state index in [0.29, 0.717) is 23.1 Å². The molecule has 1 atom stereocenters. The van der Waals surface area contributed by atoms with E-state index < -0.39 is 0 Å². The van der Waals surface area contributed by atoms with Gasteiger partial charge in [0, 0.05) is 33.0 Å². The van der Waals surface area contributed by atoms with Gasteiger partial charge in [0.2, 0.25) is 5.89 Å². The normalized spacial score (nSPS) is 22.7. The van der Waals surface area contributed by atoms with E-state index in [-0.39, 0.29) is 11.5 Å². The van der Waals surface area contributed by atoms with Crippen molar-refractivity contribution in [3.05, 3.63) is 35.4 Å². The number of aromatic nitrogens is 2. The first kappa shape index (κ1) is 17.3. The largest absolute Gasteiger partial charge is 0.469 e. The number of rotatable bonds is 3. The Kier molecular flexibility index (Phi) is 4.56. The number of piperidine rings is 1. The number of nitrogens with zero attached hydrogens (tertiary/aromatic N) is 3. The monoisotopic (exact) mass is 359 g/mol. The summed E-state index contributed by atoms with van der Waals surface area (Å²) in [6, 6.07) is 1.75. The molecule has 2 fully saturated rings. The van der Waals surface area contributed by atoms with Crippen LogP contribution in [0.3, 0.4) is 0 Å². The molecule has 1 unspecified atom stereocenters. The van der Waals surface area contributed by atoms with Crippen LogP contribution in [0.5, 0.6) is 0 Å². The van der Waals surface area contributed by atoms with Gasteiger partial charge in [0.25, 0.3) is 5.91 Å². The predicted molar refractivity (Wildman–Crippen MR) is 92.7 cm³/mol. The number of furan rings is 1. The second-order valence-corrected chi connectivity index (χ2v) is 7.51. The summed E-state index contributed by atoms with van der Waals surface area (Å²) in [6.45, 7) is 5.84. The average molecular weight is 359 g/mol. The molecule has 4 rings (SSSR count). The molecule has 1 amide bonds. The molecule has 2 aromatic heterocycles. The summed E-state index contributed by atoms with van der Waals surface area (Å²) in [4.78, 5) is 18.9. The Hall–Kier alpha value is -2.15. The molecule has 7 nitrogen and oxygen atoms in total. The van der Waals surface area contributed by atoms with Crippen molar-refractivity contribution in [3.8, 4) is 0 Å². The van der Waals surface area contributed by atoms with Gasteiger partial charge in [0.1, 0.15) is 5.76 Å². The van der Waals surface area contributed by atoms with Crippen molar-refractivity contribution in [3.63, 3.8) is 0 Å². The molecule has 0 saturated carbocycles. The molecule has 4 heterocycles. The molecule has 140 valence electrons. The highest BCUT2D eigenvalue weighted by atomic mass is 16.5. The maximum atomic E-state index is 12.7. The van der Waals surface area contributed by atoms with Crippen LogP contribution in [0.15, 0.2) is 21.3 Å². The molecule has 2 aliphatic heterocycles. The summed E-state index contributed by atoms with van der Waals surface area (Å²) < 4.78 is 16.6. The van der Waals surface area contributed by atoms with Gasteiger partial charge in [-0.25, -0.2) is 0 Å². The minimum absolute atomic E-state index is 0.0562. The number of carbonyl (C=O) groups is 1. The van der Waals surface area contributed by atoms with E-state index in [1.807, 2.05) is 18.7 Å². The Morgan fingerprint density at radius 1 is 1.35 bits per heavy atom. The minimum Gasteiger partial charge on any atom is -0.469 e. The third kappa shape index (κ3) is 3.40. The van der Waals surface area contributed by atoms with E-state index in [0.717, 1.165) is 57.6 Å². The summed E-state index contributed by atoms with van der Waals surface area (Å²) >= 11 is 0. The lowest BCUT2D eigenvalue weighted by Crippen LogP contribution is -2.51. The number of aryl methyl sites for hydroxylation is 2. The molecule has 0 aromatic carbocycles. The Bertz CT molecular complexity index is 773. The fourth-order valence-electron chi connectivity index (χ4n) is 4.23. The first-order chi connectivity index (χ1) is 12.5. The van der Waals surface area contributed by atoms with Gasteiger partial charge in [0.15, 0.2) is 5.82 Å². The molecule has 2 saturated heterocycles. The van der Waals surface area contributed by atoms with Crippen LogP contribution in [0, 0.1) is 19.8 Å². The first-order valence-electron chi connectivity index (χ1n) is 9.31. The molecule has 2 aliphatic rings. The molecule has 0 radical (unpaired) electrons. The summed E-state index contributed by atoms with van der Waals surface area (Å²) in [5.74, 6) is 2.63. The fourth-order valence-corrected chi connectivity index (χ4v) is 4.23. The van der Waals surface area contributed by atoms with Crippen molar-refractivity contribution in [1.82, 2.24) is 15.0 Å². The first-order valence-corrected chi connectivity index (χ1v) is 9.31. The van der Waals surface area contributed by atoms with Gasteiger partial charge in [0.05, 0.1) is 17.4 Å². The summed E-state index contributed by atoms with van der Waals surface area (Å²) in [5, 5.41) is 4.03. The molecule has 2 aromatic rings. The van der Waals surface area contributed by atoms with Gasteiger partial charge in [-0.15, -0.1) is 0 Å². The van der Waals surface area contributed by atoms with Crippen molar-refractivity contribution < 1.29 is 18.5 Å². The van der Waals surface area contributed by atoms with Gasteiger partial charge >= 0.3 is 0 Å². The number of likely N-dealkylation sites (tertiary alicyclic amines) is 1. The lowest BCUT2D eigenvalue weighted by molar-refractivity contribution is -0.123. The molecule has 7 heteroatoms. The predicted octanol–water partition coefficient (Wildman–Crippen LogP) is 2.92. The lowest BCUT2D eigenvalue weighted by atomic mass is 9.78. The summed E-state index contributed by atoms with van der Waals surface area (Å²) in [7, 11) is 0. The Balaban J connectivity index is 1.36. The van der Waals surface area contributed by atoms with Crippen LogP contribution in [0.1, 0.15) is 53.5 Å². The Morgan fingerprint density at radius 3 is 2.81 bits per heavy atom.